The summed E-state index contributed by atoms with van der Waals surface area (Å²) in [5.74, 6) is 1.04. The van der Waals surface area contributed by atoms with Gasteiger partial charge in [0.15, 0.2) is 0 Å². The predicted molar refractivity (Wildman–Crippen MR) is 119 cm³/mol. The van der Waals surface area contributed by atoms with Crippen molar-refractivity contribution < 1.29 is 14.3 Å². The Labute approximate surface area is 185 Å². The van der Waals surface area contributed by atoms with Crippen molar-refractivity contribution in [2.24, 2.45) is 5.92 Å². The van der Waals surface area contributed by atoms with E-state index < -0.39 is 0 Å². The summed E-state index contributed by atoms with van der Waals surface area (Å²) in [4.78, 5) is 23.4. The molecule has 3 aromatic rings. The monoisotopic (exact) mass is 434 g/mol. The third kappa shape index (κ3) is 3.46. The average Bonchev–Trinajstić information content (AvgIpc) is 3.50. The molecule has 1 amide bonds. The predicted octanol–water partition coefficient (Wildman–Crippen LogP) is 3.97. The highest BCUT2D eigenvalue weighted by Gasteiger charge is 2.44. The molecule has 4 heterocycles. The van der Waals surface area contributed by atoms with Crippen LogP contribution in [0, 0.1) is 12.8 Å². The first-order valence-corrected chi connectivity index (χ1v) is 11.3. The Morgan fingerprint density at radius 2 is 1.97 bits per heavy atom. The minimum absolute atomic E-state index is 0.123. The lowest BCUT2D eigenvalue weighted by Crippen LogP contribution is -2.34. The molecule has 9 heteroatoms. The maximum Gasteiger partial charge on any atom is 0.414 e. The number of fused-ring (bicyclic) bond motifs is 1. The van der Waals surface area contributed by atoms with Crippen LogP contribution >= 0.6 is 0 Å². The molecule has 1 saturated carbocycles. The quantitative estimate of drug-likeness (QED) is 0.649. The Hall–Kier alpha value is -3.20. The summed E-state index contributed by atoms with van der Waals surface area (Å²) in [5.41, 5.74) is 3.55. The SMILES string of the molecule is Cc1c(Nc2ncc3ccc(N4C(=O)OCC4C4CC4)cc3n2)cnn1C1CCOCC1. The zero-order chi connectivity index (χ0) is 21.7. The Morgan fingerprint density at radius 3 is 2.78 bits per heavy atom. The molecule has 1 aliphatic carbocycles. The summed E-state index contributed by atoms with van der Waals surface area (Å²) in [6, 6.07) is 6.33. The third-order valence-electron chi connectivity index (χ3n) is 6.74. The van der Waals surface area contributed by atoms with Gasteiger partial charge >= 0.3 is 6.09 Å². The molecule has 3 aliphatic rings. The topological polar surface area (TPSA) is 94.4 Å². The third-order valence-corrected chi connectivity index (χ3v) is 6.74. The second-order valence-corrected chi connectivity index (χ2v) is 8.85. The van der Waals surface area contributed by atoms with E-state index in [0.717, 1.165) is 66.9 Å². The normalized spacial score (nSPS) is 21.8. The van der Waals surface area contributed by atoms with Gasteiger partial charge in [-0.2, -0.15) is 5.10 Å². The van der Waals surface area contributed by atoms with Crippen LogP contribution in [0.25, 0.3) is 10.9 Å². The Kier molecular flexibility index (Phi) is 4.71. The van der Waals surface area contributed by atoms with E-state index in [-0.39, 0.29) is 12.1 Å². The van der Waals surface area contributed by atoms with Crippen LogP contribution in [0.15, 0.2) is 30.6 Å². The van der Waals surface area contributed by atoms with Gasteiger partial charge in [0.2, 0.25) is 5.95 Å². The largest absolute Gasteiger partial charge is 0.447 e. The second-order valence-electron chi connectivity index (χ2n) is 8.85. The average molecular weight is 435 g/mol. The Morgan fingerprint density at radius 1 is 1.12 bits per heavy atom. The standard InChI is InChI=1S/C23H26N6O3/c1-14-20(12-25-29(14)17-6-8-31-9-7-17)27-22-24-11-16-4-5-18(10-19(16)26-22)28-21(15-2-3-15)13-32-23(28)30/h4-5,10-12,15,17,21H,2-3,6-9,13H2,1H3,(H,24,26,27). The van der Waals surface area contributed by atoms with Crippen LogP contribution in [0.3, 0.4) is 0 Å². The van der Waals surface area contributed by atoms with Gasteiger partial charge in [-0.1, -0.05) is 0 Å². The van der Waals surface area contributed by atoms with Crippen LogP contribution in [0.2, 0.25) is 0 Å². The smallest absolute Gasteiger partial charge is 0.414 e. The number of amides is 1. The molecule has 1 aromatic carbocycles. The van der Waals surface area contributed by atoms with Crippen molar-refractivity contribution >= 4 is 34.3 Å². The molecule has 166 valence electrons. The molecule has 0 bridgehead atoms. The van der Waals surface area contributed by atoms with Gasteiger partial charge < -0.3 is 14.8 Å². The van der Waals surface area contributed by atoms with Crippen molar-refractivity contribution in [1.29, 1.82) is 0 Å². The Bertz CT molecular complexity index is 1170. The molecule has 1 atom stereocenters. The van der Waals surface area contributed by atoms with Gasteiger partial charge in [0.25, 0.3) is 0 Å². The van der Waals surface area contributed by atoms with E-state index in [4.69, 9.17) is 14.5 Å². The lowest BCUT2D eigenvalue weighted by atomic mass is 10.1. The van der Waals surface area contributed by atoms with Crippen molar-refractivity contribution in [3.63, 3.8) is 0 Å². The number of nitrogens with one attached hydrogen (secondary N) is 1. The zero-order valence-corrected chi connectivity index (χ0v) is 18.0. The maximum atomic E-state index is 12.4. The van der Waals surface area contributed by atoms with Crippen LogP contribution in [-0.4, -0.2) is 51.7 Å². The van der Waals surface area contributed by atoms with Crippen LogP contribution in [0.1, 0.15) is 37.4 Å². The van der Waals surface area contributed by atoms with Crippen LogP contribution in [-0.2, 0) is 9.47 Å². The number of anilines is 3. The number of nitrogens with zero attached hydrogens (tertiary/aromatic N) is 5. The van der Waals surface area contributed by atoms with Crippen molar-refractivity contribution in [2.45, 2.75) is 44.7 Å². The fourth-order valence-corrected chi connectivity index (χ4v) is 4.75. The van der Waals surface area contributed by atoms with Gasteiger partial charge in [0.05, 0.1) is 35.2 Å². The number of cyclic esters (lactones) is 1. The van der Waals surface area contributed by atoms with E-state index in [2.05, 4.69) is 27.0 Å². The minimum atomic E-state index is -0.273. The van der Waals surface area contributed by atoms with Gasteiger partial charge in [-0.05, 0) is 56.7 Å². The first-order valence-electron chi connectivity index (χ1n) is 11.3. The minimum Gasteiger partial charge on any atom is -0.447 e. The summed E-state index contributed by atoms with van der Waals surface area (Å²) in [6.07, 6.45) is 7.61. The number of aromatic nitrogens is 4. The fraction of sp³-hybridized carbons (Fsp3) is 0.478. The highest BCUT2D eigenvalue weighted by Crippen LogP contribution is 2.40. The van der Waals surface area contributed by atoms with Gasteiger partial charge in [-0.25, -0.2) is 14.8 Å². The van der Waals surface area contributed by atoms with E-state index >= 15 is 0 Å². The van der Waals surface area contributed by atoms with Gasteiger partial charge in [0, 0.05) is 30.5 Å². The molecule has 9 nitrogen and oxygen atoms in total. The number of rotatable bonds is 5. The van der Waals surface area contributed by atoms with E-state index in [1.165, 1.54) is 0 Å². The van der Waals surface area contributed by atoms with Crippen LogP contribution in [0.4, 0.5) is 22.1 Å². The molecule has 2 aliphatic heterocycles. The Balaban J connectivity index is 1.27. The highest BCUT2D eigenvalue weighted by atomic mass is 16.6. The molecule has 1 N–H and O–H groups in total. The zero-order valence-electron chi connectivity index (χ0n) is 18.0. The van der Waals surface area contributed by atoms with Gasteiger partial charge in [0.1, 0.15) is 6.61 Å². The van der Waals surface area contributed by atoms with Gasteiger partial charge in [-0.3, -0.25) is 9.58 Å². The maximum absolute atomic E-state index is 12.4. The van der Waals surface area contributed by atoms with Crippen molar-refractivity contribution in [2.75, 3.05) is 30.0 Å². The summed E-state index contributed by atoms with van der Waals surface area (Å²) >= 11 is 0. The van der Waals surface area contributed by atoms with E-state index in [0.29, 0.717) is 24.5 Å². The molecule has 6 rings (SSSR count). The molecular weight excluding hydrogens is 408 g/mol. The van der Waals surface area contributed by atoms with Crippen molar-refractivity contribution in [1.82, 2.24) is 19.7 Å². The molecule has 0 spiro atoms. The van der Waals surface area contributed by atoms with E-state index in [1.54, 1.807) is 11.1 Å². The summed E-state index contributed by atoms with van der Waals surface area (Å²) in [5, 5.41) is 8.83. The summed E-state index contributed by atoms with van der Waals surface area (Å²) < 4.78 is 12.9. The van der Waals surface area contributed by atoms with Crippen molar-refractivity contribution in [3.8, 4) is 0 Å². The highest BCUT2D eigenvalue weighted by molar-refractivity contribution is 5.93. The summed E-state index contributed by atoms with van der Waals surface area (Å²) in [7, 11) is 0. The van der Waals surface area contributed by atoms with E-state index in [1.807, 2.05) is 24.4 Å². The van der Waals surface area contributed by atoms with E-state index in [9.17, 15) is 4.79 Å². The van der Waals surface area contributed by atoms with Crippen LogP contribution in [0.5, 0.6) is 0 Å². The molecule has 1 unspecified atom stereocenters. The fourth-order valence-electron chi connectivity index (χ4n) is 4.75. The number of carbonyl (C=O) groups is 1. The van der Waals surface area contributed by atoms with Gasteiger partial charge in [-0.15, -0.1) is 0 Å². The first kappa shape index (κ1) is 19.5. The second kappa shape index (κ2) is 7.74. The van der Waals surface area contributed by atoms with Crippen LogP contribution < -0.4 is 10.2 Å². The first-order chi connectivity index (χ1) is 15.7. The molecule has 3 fully saturated rings. The number of hydrogen-bond acceptors (Lipinski definition) is 7. The molecular formula is C23H26N6O3. The number of benzene rings is 1. The molecule has 2 saturated heterocycles. The molecule has 2 aromatic heterocycles. The number of carbonyl (C=O) groups excluding carboxylic acids is 1. The number of ether oxygens (including phenoxy) is 2. The lowest BCUT2D eigenvalue weighted by molar-refractivity contribution is 0.0657. The van der Waals surface area contributed by atoms with Crippen molar-refractivity contribution in [3.05, 3.63) is 36.3 Å². The number of hydrogen-bond donors (Lipinski definition) is 1. The molecule has 0 radical (unpaired) electrons. The summed E-state index contributed by atoms with van der Waals surface area (Å²) in [6.45, 7) is 4.07. The lowest BCUT2D eigenvalue weighted by Gasteiger charge is -2.23. The molecule has 32 heavy (non-hydrogen) atoms.